The van der Waals surface area contributed by atoms with Crippen LogP contribution >= 0.6 is 15.9 Å². The van der Waals surface area contributed by atoms with Crippen LogP contribution in [-0.4, -0.2) is 15.7 Å². The van der Waals surface area contributed by atoms with E-state index in [4.69, 9.17) is 0 Å². The van der Waals surface area contributed by atoms with Gasteiger partial charge >= 0.3 is 6.18 Å². The number of hydrogen-bond donors (Lipinski definition) is 0. The molecule has 0 spiro atoms. The molecule has 0 radical (unpaired) electrons. The Hall–Kier alpha value is -1.37. The topological polar surface area (TPSA) is 34.9 Å². The molecule has 1 atom stereocenters. The summed E-state index contributed by atoms with van der Waals surface area (Å²) in [6.45, 7) is 0.429. The van der Waals surface area contributed by atoms with Crippen LogP contribution in [0.1, 0.15) is 31.0 Å². The second kappa shape index (κ2) is 5.12. The third-order valence-corrected chi connectivity index (χ3v) is 4.22. The van der Waals surface area contributed by atoms with Crippen molar-refractivity contribution >= 4 is 26.8 Å². The van der Waals surface area contributed by atoms with E-state index in [1.54, 1.807) is 18.2 Å². The number of aromatic nitrogens is 2. The summed E-state index contributed by atoms with van der Waals surface area (Å²) in [5, 5.41) is 0.431. The molecule has 0 saturated carbocycles. The van der Waals surface area contributed by atoms with E-state index < -0.39 is 18.5 Å². The molecular formula is C14H12BrF3N2O. The highest BCUT2D eigenvalue weighted by Gasteiger charge is 2.36. The molecule has 2 aromatic rings. The smallest absolute Gasteiger partial charge is 0.296 e. The van der Waals surface area contributed by atoms with Crippen molar-refractivity contribution in [3.05, 3.63) is 38.9 Å². The van der Waals surface area contributed by atoms with Crippen molar-refractivity contribution in [3.8, 4) is 0 Å². The highest BCUT2D eigenvalue weighted by atomic mass is 79.9. The number of fused-ring (bicyclic) bond motifs is 2. The van der Waals surface area contributed by atoms with Gasteiger partial charge in [-0.15, -0.1) is 0 Å². The third kappa shape index (κ3) is 2.84. The van der Waals surface area contributed by atoms with Gasteiger partial charge < -0.3 is 0 Å². The van der Waals surface area contributed by atoms with Gasteiger partial charge in [0.15, 0.2) is 0 Å². The van der Waals surface area contributed by atoms with Gasteiger partial charge in [-0.2, -0.15) is 13.2 Å². The summed E-state index contributed by atoms with van der Waals surface area (Å²) in [6, 6.07) is 5.04. The summed E-state index contributed by atoms with van der Waals surface area (Å²) in [4.78, 5) is 16.8. The van der Waals surface area contributed by atoms with Crippen molar-refractivity contribution in [2.75, 3.05) is 0 Å². The number of rotatable bonds is 1. The number of nitrogens with zero attached hydrogens (tertiary/aromatic N) is 2. The van der Waals surface area contributed by atoms with Crippen molar-refractivity contribution in [3.63, 3.8) is 0 Å². The second-order valence-electron chi connectivity index (χ2n) is 5.25. The molecule has 0 N–H and O–H groups in total. The van der Waals surface area contributed by atoms with Gasteiger partial charge in [-0.25, -0.2) is 4.98 Å². The van der Waals surface area contributed by atoms with Gasteiger partial charge in [0.1, 0.15) is 5.82 Å². The quantitative estimate of drug-likeness (QED) is 0.770. The molecule has 112 valence electrons. The molecule has 1 aliphatic heterocycles. The third-order valence-electron chi connectivity index (χ3n) is 3.72. The summed E-state index contributed by atoms with van der Waals surface area (Å²) in [5.74, 6) is -0.474. The molecular weight excluding hydrogens is 349 g/mol. The first kappa shape index (κ1) is 14.6. The SMILES string of the molecule is O=c1c2cc(Br)ccc2nc2n1CCCC2CC(F)(F)F. The monoisotopic (exact) mass is 360 g/mol. The Morgan fingerprint density at radius 3 is 2.86 bits per heavy atom. The van der Waals surface area contributed by atoms with Crippen LogP contribution < -0.4 is 5.56 Å². The highest BCUT2D eigenvalue weighted by Crippen LogP contribution is 2.36. The van der Waals surface area contributed by atoms with Gasteiger partial charge in [-0.1, -0.05) is 15.9 Å². The summed E-state index contributed by atoms with van der Waals surface area (Å²) in [6.07, 6.45) is -4.20. The fourth-order valence-electron chi connectivity index (χ4n) is 2.84. The van der Waals surface area contributed by atoms with Crippen LogP contribution in [0.4, 0.5) is 13.2 Å². The molecule has 7 heteroatoms. The maximum absolute atomic E-state index is 12.7. The van der Waals surface area contributed by atoms with Crippen molar-refractivity contribution in [2.24, 2.45) is 0 Å². The normalized spacial score (nSPS) is 18.8. The van der Waals surface area contributed by atoms with E-state index in [2.05, 4.69) is 20.9 Å². The lowest BCUT2D eigenvalue weighted by atomic mass is 9.94. The number of alkyl halides is 3. The summed E-state index contributed by atoms with van der Waals surface area (Å²) >= 11 is 3.29. The standard InChI is InChI=1S/C14H12BrF3N2O/c15-9-3-4-11-10(6-9)13(21)20-5-1-2-8(12(20)19-11)7-14(16,17)18/h3-4,6,8H,1-2,5,7H2. The van der Waals surface area contributed by atoms with Crippen LogP contribution in [0.25, 0.3) is 10.9 Å². The summed E-state index contributed by atoms with van der Waals surface area (Å²) in [7, 11) is 0. The van der Waals surface area contributed by atoms with Crippen molar-refractivity contribution in [1.82, 2.24) is 9.55 Å². The van der Waals surface area contributed by atoms with E-state index in [9.17, 15) is 18.0 Å². The number of benzene rings is 1. The van der Waals surface area contributed by atoms with E-state index in [1.807, 2.05) is 0 Å². The second-order valence-corrected chi connectivity index (χ2v) is 6.16. The van der Waals surface area contributed by atoms with Gasteiger partial charge in [0.25, 0.3) is 5.56 Å². The zero-order valence-electron chi connectivity index (χ0n) is 11.0. The summed E-state index contributed by atoms with van der Waals surface area (Å²) in [5.41, 5.74) is 0.187. The number of hydrogen-bond acceptors (Lipinski definition) is 2. The van der Waals surface area contributed by atoms with Crippen molar-refractivity contribution in [1.29, 1.82) is 0 Å². The molecule has 0 fully saturated rings. The van der Waals surface area contributed by atoms with Gasteiger partial charge in [0.05, 0.1) is 17.3 Å². The van der Waals surface area contributed by atoms with Crippen LogP contribution in [0.15, 0.2) is 27.5 Å². The molecule has 0 saturated heterocycles. The molecule has 3 rings (SSSR count). The predicted octanol–water partition coefficient (Wildman–Crippen LogP) is 3.99. The van der Waals surface area contributed by atoms with E-state index in [-0.39, 0.29) is 11.4 Å². The largest absolute Gasteiger partial charge is 0.389 e. The maximum Gasteiger partial charge on any atom is 0.389 e. The van der Waals surface area contributed by atoms with E-state index in [0.29, 0.717) is 30.3 Å². The molecule has 1 aromatic carbocycles. The molecule has 0 aliphatic carbocycles. The minimum Gasteiger partial charge on any atom is -0.296 e. The Labute approximate surface area is 126 Å². The maximum atomic E-state index is 12.7. The minimum absolute atomic E-state index is 0.261. The average Bonchev–Trinajstić information content (AvgIpc) is 2.39. The molecule has 1 aromatic heterocycles. The van der Waals surface area contributed by atoms with E-state index >= 15 is 0 Å². The predicted molar refractivity (Wildman–Crippen MR) is 76.4 cm³/mol. The first-order valence-corrected chi connectivity index (χ1v) is 7.41. The van der Waals surface area contributed by atoms with Gasteiger partial charge in [-0.05, 0) is 31.0 Å². The van der Waals surface area contributed by atoms with Gasteiger partial charge in [0, 0.05) is 16.9 Å². The van der Waals surface area contributed by atoms with Gasteiger partial charge in [0.2, 0.25) is 0 Å². The zero-order chi connectivity index (χ0) is 15.2. The van der Waals surface area contributed by atoms with Crippen molar-refractivity contribution in [2.45, 2.75) is 37.9 Å². The Bertz CT molecular complexity index is 754. The molecule has 3 nitrogen and oxygen atoms in total. The van der Waals surface area contributed by atoms with Crippen LogP contribution in [0, 0.1) is 0 Å². The van der Waals surface area contributed by atoms with E-state index in [0.717, 1.165) is 4.47 Å². The van der Waals surface area contributed by atoms with Gasteiger partial charge in [-0.3, -0.25) is 9.36 Å². The van der Waals surface area contributed by atoms with E-state index in [1.165, 1.54) is 4.57 Å². The summed E-state index contributed by atoms with van der Waals surface area (Å²) < 4.78 is 40.2. The molecule has 1 unspecified atom stereocenters. The molecule has 0 bridgehead atoms. The molecule has 2 heterocycles. The minimum atomic E-state index is -4.25. The number of halogens is 4. The molecule has 1 aliphatic rings. The highest BCUT2D eigenvalue weighted by molar-refractivity contribution is 9.10. The van der Waals surface area contributed by atoms with Crippen LogP contribution in [0.2, 0.25) is 0 Å². The first-order valence-electron chi connectivity index (χ1n) is 6.62. The fourth-order valence-corrected chi connectivity index (χ4v) is 3.20. The Balaban J connectivity index is 2.17. The lowest BCUT2D eigenvalue weighted by Crippen LogP contribution is -2.32. The van der Waals surface area contributed by atoms with Crippen LogP contribution in [0.5, 0.6) is 0 Å². The Morgan fingerprint density at radius 2 is 2.14 bits per heavy atom. The zero-order valence-corrected chi connectivity index (χ0v) is 12.5. The Morgan fingerprint density at radius 1 is 1.38 bits per heavy atom. The lowest BCUT2D eigenvalue weighted by molar-refractivity contribution is -0.140. The molecule has 21 heavy (non-hydrogen) atoms. The fraction of sp³-hybridized carbons (Fsp3) is 0.429. The van der Waals surface area contributed by atoms with Crippen molar-refractivity contribution < 1.29 is 13.2 Å². The van der Waals surface area contributed by atoms with Crippen LogP contribution in [0.3, 0.4) is 0 Å². The van der Waals surface area contributed by atoms with Crippen LogP contribution in [-0.2, 0) is 6.54 Å². The Kier molecular flexibility index (Phi) is 3.55. The molecule has 0 amide bonds. The lowest BCUT2D eigenvalue weighted by Gasteiger charge is -2.26. The first-order chi connectivity index (χ1) is 9.85. The average molecular weight is 361 g/mol.